The van der Waals surface area contributed by atoms with E-state index in [1.807, 2.05) is 63.1 Å². The number of aromatic nitrogens is 1. The van der Waals surface area contributed by atoms with E-state index in [1.165, 1.54) is 0 Å². The van der Waals surface area contributed by atoms with E-state index in [1.54, 1.807) is 50.7 Å². The molecule has 1 aliphatic rings. The van der Waals surface area contributed by atoms with Gasteiger partial charge in [0.05, 0.1) is 41.8 Å². The number of likely N-dealkylation sites (tertiary alicyclic amines) is 1. The molecule has 302 valence electrons. The highest BCUT2D eigenvalue weighted by atomic mass is 32.1. The first kappa shape index (κ1) is 45.2. The van der Waals surface area contributed by atoms with Gasteiger partial charge in [0, 0.05) is 57.6 Å². The Kier molecular flexibility index (Phi) is 18.2. The molecule has 1 fully saturated rings. The number of benzene rings is 1. The van der Waals surface area contributed by atoms with Crippen molar-refractivity contribution in [2.45, 2.75) is 129 Å². The Morgan fingerprint density at radius 3 is 2.19 bits per heavy atom. The summed E-state index contributed by atoms with van der Waals surface area (Å²) in [5.41, 5.74) is 1.16. The van der Waals surface area contributed by atoms with Gasteiger partial charge in [-0.15, -0.1) is 11.3 Å². The second-order valence-corrected chi connectivity index (χ2v) is 16.7. The van der Waals surface area contributed by atoms with Crippen molar-refractivity contribution in [3.63, 3.8) is 0 Å². The van der Waals surface area contributed by atoms with E-state index in [-0.39, 0.29) is 59.6 Å². The Morgan fingerprint density at radius 2 is 1.65 bits per heavy atom. The number of carbonyl (C=O) groups is 4. The average Bonchev–Trinajstić information content (AvgIpc) is 3.87. The summed E-state index contributed by atoms with van der Waals surface area (Å²) in [6.07, 6.45) is 4.11. The van der Waals surface area contributed by atoms with Crippen LogP contribution >= 0.6 is 11.3 Å². The topological polar surface area (TPSA) is 130 Å². The minimum Gasteiger partial charge on any atom is -0.379 e. The number of ether oxygens (including phenoxy) is 2. The second kappa shape index (κ2) is 21.8. The summed E-state index contributed by atoms with van der Waals surface area (Å²) in [5.74, 6) is -1.05. The number of thiazole rings is 1. The summed E-state index contributed by atoms with van der Waals surface area (Å²) >= 11 is 1.57. The van der Waals surface area contributed by atoms with Crippen LogP contribution in [-0.4, -0.2) is 110 Å². The van der Waals surface area contributed by atoms with Crippen molar-refractivity contribution < 1.29 is 28.7 Å². The molecule has 1 aromatic heterocycles. The molecule has 54 heavy (non-hydrogen) atoms. The number of hydrogen-bond donors (Lipinski definition) is 2. The number of amides is 3. The maximum absolute atomic E-state index is 14.3. The highest BCUT2D eigenvalue weighted by Crippen LogP contribution is 2.33. The fraction of sp³-hybridized carbons (Fsp3) is 0.690. The van der Waals surface area contributed by atoms with Crippen LogP contribution in [0.1, 0.15) is 97.1 Å². The number of Topliss-reactive ketones (excluding diaryl/α,β-unsaturated/α-hetero) is 1. The first-order chi connectivity index (χ1) is 25.7. The Hall–Kier alpha value is -3.19. The molecule has 11 nitrogen and oxygen atoms in total. The van der Waals surface area contributed by atoms with Crippen LogP contribution in [0.3, 0.4) is 0 Å². The normalized spacial score (nSPS) is 19.1. The van der Waals surface area contributed by atoms with Gasteiger partial charge >= 0.3 is 0 Å². The lowest BCUT2D eigenvalue weighted by Crippen LogP contribution is -2.59. The van der Waals surface area contributed by atoms with Gasteiger partial charge < -0.3 is 29.9 Å². The fourth-order valence-corrected chi connectivity index (χ4v) is 8.84. The molecular formula is C42H67N5O6S. The SMILES string of the molecule is CC[C@H](C)[C@@H]([C@@H](CC(=O)N1CCC[C@H]1[C@H](OC)[C@@H](C)C(=O)C[C@@H](Cc1ccccc1)c1nccs1)OC)N(C)C(=O)[C@@H](NC(=O)[C@@H](NC)C(C)C)C(C)C. The molecule has 1 saturated heterocycles. The Balaban J connectivity index is 1.78. The molecule has 0 spiro atoms. The number of hydrogen-bond acceptors (Lipinski definition) is 9. The fourth-order valence-electron chi connectivity index (χ4n) is 8.09. The van der Waals surface area contributed by atoms with Crippen molar-refractivity contribution >= 4 is 34.8 Å². The van der Waals surface area contributed by atoms with Gasteiger partial charge in [-0.25, -0.2) is 4.98 Å². The van der Waals surface area contributed by atoms with Gasteiger partial charge in [-0.2, -0.15) is 0 Å². The van der Waals surface area contributed by atoms with Crippen LogP contribution in [0.5, 0.6) is 0 Å². The smallest absolute Gasteiger partial charge is 0.245 e. The van der Waals surface area contributed by atoms with Gasteiger partial charge in [0.15, 0.2) is 0 Å². The van der Waals surface area contributed by atoms with E-state index in [0.29, 0.717) is 19.4 Å². The summed E-state index contributed by atoms with van der Waals surface area (Å²) in [7, 11) is 6.70. The van der Waals surface area contributed by atoms with Crippen molar-refractivity contribution in [1.29, 1.82) is 0 Å². The van der Waals surface area contributed by atoms with Crippen molar-refractivity contribution in [2.75, 3.05) is 34.9 Å². The van der Waals surface area contributed by atoms with Crippen molar-refractivity contribution in [3.05, 3.63) is 52.5 Å². The molecule has 0 unspecified atom stereocenters. The third kappa shape index (κ3) is 11.7. The second-order valence-electron chi connectivity index (χ2n) is 15.8. The van der Waals surface area contributed by atoms with E-state index in [9.17, 15) is 19.2 Å². The van der Waals surface area contributed by atoms with Crippen LogP contribution in [0.15, 0.2) is 41.9 Å². The van der Waals surface area contributed by atoms with Gasteiger partial charge in [0.25, 0.3) is 0 Å². The summed E-state index contributed by atoms with van der Waals surface area (Å²) in [4.78, 5) is 63.8. The molecule has 2 N–H and O–H groups in total. The number of nitrogens with zero attached hydrogens (tertiary/aromatic N) is 3. The van der Waals surface area contributed by atoms with Crippen molar-refractivity contribution in [3.8, 4) is 0 Å². The first-order valence-corrected chi connectivity index (χ1v) is 20.6. The summed E-state index contributed by atoms with van der Waals surface area (Å²) in [6.45, 7) is 14.4. The number of ketones is 1. The molecule has 12 heteroatoms. The van der Waals surface area contributed by atoms with Crippen LogP contribution in [0.2, 0.25) is 0 Å². The van der Waals surface area contributed by atoms with E-state index in [2.05, 4.69) is 41.6 Å². The van der Waals surface area contributed by atoms with Gasteiger partial charge in [-0.1, -0.05) is 85.2 Å². The van der Waals surface area contributed by atoms with Crippen molar-refractivity contribution in [2.24, 2.45) is 23.7 Å². The van der Waals surface area contributed by atoms with Crippen LogP contribution < -0.4 is 10.6 Å². The van der Waals surface area contributed by atoms with Crippen molar-refractivity contribution in [1.82, 2.24) is 25.4 Å². The van der Waals surface area contributed by atoms with Crippen LogP contribution in [0, 0.1) is 23.7 Å². The first-order valence-electron chi connectivity index (χ1n) is 19.8. The molecule has 0 bridgehead atoms. The third-order valence-corrected chi connectivity index (χ3v) is 12.4. The molecule has 3 amide bonds. The lowest BCUT2D eigenvalue weighted by Gasteiger charge is -2.41. The van der Waals surface area contributed by atoms with Gasteiger partial charge in [-0.05, 0) is 49.6 Å². The molecule has 9 atom stereocenters. The van der Waals surface area contributed by atoms with E-state index in [0.717, 1.165) is 29.8 Å². The van der Waals surface area contributed by atoms with E-state index < -0.39 is 36.3 Å². The van der Waals surface area contributed by atoms with Crippen LogP contribution in [0.4, 0.5) is 0 Å². The zero-order valence-electron chi connectivity index (χ0n) is 34.5. The molecule has 0 aliphatic carbocycles. The quantitative estimate of drug-likeness (QED) is 0.155. The largest absolute Gasteiger partial charge is 0.379 e. The summed E-state index contributed by atoms with van der Waals surface area (Å²) < 4.78 is 12.1. The zero-order valence-corrected chi connectivity index (χ0v) is 35.4. The van der Waals surface area contributed by atoms with Gasteiger partial charge in [-0.3, -0.25) is 19.2 Å². The minimum atomic E-state index is -0.746. The molecular weight excluding hydrogens is 703 g/mol. The lowest BCUT2D eigenvalue weighted by atomic mass is 9.85. The number of methoxy groups -OCH3 is 2. The van der Waals surface area contributed by atoms with E-state index >= 15 is 0 Å². The zero-order chi connectivity index (χ0) is 40.1. The Bertz CT molecular complexity index is 1460. The highest BCUT2D eigenvalue weighted by Gasteiger charge is 2.43. The number of rotatable bonds is 22. The molecule has 1 aromatic carbocycles. The standard InChI is InChI=1S/C42H67N5O6S/c1-12-28(6)38(46(9)42(51)37(27(4)5)45-40(50)36(43-8)26(2)3)34(52-10)25-35(49)47-21-16-19-32(47)39(53-11)29(7)33(48)24-31(41-44-20-22-54-41)23-30-17-14-13-15-18-30/h13-15,17-18,20,22,26-29,31-32,34,36-39,43H,12,16,19,21,23-25H2,1-11H3,(H,45,50)/t28-,29-,31+,32-,34+,36-,37-,38-,39+/m0/s1. The molecule has 3 rings (SSSR count). The molecule has 2 heterocycles. The third-order valence-electron chi connectivity index (χ3n) is 11.4. The minimum absolute atomic E-state index is 0.00124. The lowest BCUT2D eigenvalue weighted by molar-refractivity contribution is -0.147. The Labute approximate surface area is 328 Å². The predicted octanol–water partition coefficient (Wildman–Crippen LogP) is 5.73. The van der Waals surface area contributed by atoms with Gasteiger partial charge in [0.1, 0.15) is 11.8 Å². The molecule has 1 aliphatic heterocycles. The van der Waals surface area contributed by atoms with Crippen LogP contribution in [-0.2, 0) is 35.1 Å². The number of carbonyl (C=O) groups excluding carboxylic acids is 4. The molecule has 0 radical (unpaired) electrons. The number of nitrogens with one attached hydrogen (secondary N) is 2. The van der Waals surface area contributed by atoms with Gasteiger partial charge in [0.2, 0.25) is 17.7 Å². The molecule has 2 aromatic rings. The summed E-state index contributed by atoms with van der Waals surface area (Å²) in [5, 5.41) is 8.96. The monoisotopic (exact) mass is 769 g/mol. The Morgan fingerprint density at radius 1 is 0.981 bits per heavy atom. The molecule has 0 saturated carbocycles. The highest BCUT2D eigenvalue weighted by molar-refractivity contribution is 7.09. The maximum Gasteiger partial charge on any atom is 0.245 e. The average molecular weight is 770 g/mol. The summed E-state index contributed by atoms with van der Waals surface area (Å²) in [6, 6.07) is 8.29. The predicted molar refractivity (Wildman–Crippen MR) is 215 cm³/mol. The van der Waals surface area contributed by atoms with E-state index in [4.69, 9.17) is 9.47 Å². The van der Waals surface area contributed by atoms with Crippen LogP contribution in [0.25, 0.3) is 0 Å². The number of likely N-dealkylation sites (N-methyl/N-ethyl adjacent to an activating group) is 2. The maximum atomic E-state index is 14.3.